The zero-order chi connectivity index (χ0) is 25.7. The fourth-order valence-corrected chi connectivity index (χ4v) is 4.34. The molecule has 0 radical (unpaired) electrons. The van der Waals surface area contributed by atoms with E-state index in [1.165, 1.54) is 17.9 Å². The molecule has 5 aromatic rings. The molecule has 0 spiro atoms. The Kier molecular flexibility index (Phi) is 5.26. The molecule has 0 saturated heterocycles. The van der Waals surface area contributed by atoms with E-state index >= 15 is 0 Å². The molecule has 0 N–H and O–H groups in total. The standard InChI is InChI=1S/C26H18F3N7O/c1-36-12-20(26(27,28)29)35-24(36)16-4-2-14(3-5-16)10-18-23-17(8-9-31-18)34-25(37-23)21-19(11-30)32-13-33-22(21)15-6-7-15/h2-5,8-9,12-13,15H,6-7,10H2,1H3. The third kappa shape index (κ3) is 4.20. The maximum Gasteiger partial charge on any atom is 0.434 e. The minimum Gasteiger partial charge on any atom is -0.434 e. The molecule has 0 amide bonds. The number of nitrogens with zero attached hydrogens (tertiary/aromatic N) is 7. The molecule has 8 nitrogen and oxygen atoms in total. The molecule has 4 aromatic heterocycles. The van der Waals surface area contributed by atoms with Crippen LogP contribution < -0.4 is 0 Å². The van der Waals surface area contributed by atoms with Gasteiger partial charge in [0.15, 0.2) is 17.0 Å². The lowest BCUT2D eigenvalue weighted by Gasteiger charge is -2.05. The average molecular weight is 501 g/mol. The van der Waals surface area contributed by atoms with Crippen LogP contribution in [-0.2, 0) is 19.6 Å². The molecular formula is C26H18F3N7O. The van der Waals surface area contributed by atoms with Gasteiger partial charge in [-0.1, -0.05) is 24.3 Å². The van der Waals surface area contributed by atoms with E-state index in [2.05, 4.69) is 31.0 Å². The van der Waals surface area contributed by atoms with Gasteiger partial charge in [-0.25, -0.2) is 19.9 Å². The van der Waals surface area contributed by atoms with Crippen molar-refractivity contribution in [2.45, 2.75) is 31.4 Å². The minimum absolute atomic E-state index is 0.219. The molecule has 0 bridgehead atoms. The summed E-state index contributed by atoms with van der Waals surface area (Å²) in [5, 5.41) is 9.61. The Morgan fingerprint density at radius 1 is 1.08 bits per heavy atom. The number of fused-ring (bicyclic) bond motifs is 1. The maximum atomic E-state index is 13.0. The van der Waals surface area contributed by atoms with Crippen LogP contribution in [-0.4, -0.2) is 29.5 Å². The minimum atomic E-state index is -4.50. The Morgan fingerprint density at radius 3 is 2.54 bits per heavy atom. The molecule has 4 heterocycles. The molecule has 11 heteroatoms. The fraction of sp³-hybridized carbons (Fsp3) is 0.231. The molecule has 1 aromatic carbocycles. The molecule has 6 rings (SSSR count). The van der Waals surface area contributed by atoms with Crippen LogP contribution in [0.1, 0.15) is 47.1 Å². The Bertz CT molecular complexity index is 1680. The first-order valence-electron chi connectivity index (χ1n) is 11.5. The van der Waals surface area contributed by atoms with Gasteiger partial charge < -0.3 is 8.98 Å². The monoisotopic (exact) mass is 501 g/mol. The number of imidazole rings is 1. The van der Waals surface area contributed by atoms with Crippen LogP contribution in [0.15, 0.2) is 53.5 Å². The summed E-state index contributed by atoms with van der Waals surface area (Å²) < 4.78 is 46.6. The topological polar surface area (TPSA) is 106 Å². The van der Waals surface area contributed by atoms with Crippen LogP contribution in [0.3, 0.4) is 0 Å². The lowest BCUT2D eigenvalue weighted by atomic mass is 10.1. The average Bonchev–Trinajstić information content (AvgIpc) is 3.51. The van der Waals surface area contributed by atoms with Crippen molar-refractivity contribution in [2.75, 3.05) is 0 Å². The largest absolute Gasteiger partial charge is 0.434 e. The van der Waals surface area contributed by atoms with Crippen molar-refractivity contribution < 1.29 is 17.6 Å². The first kappa shape index (κ1) is 22.8. The molecule has 37 heavy (non-hydrogen) atoms. The van der Waals surface area contributed by atoms with E-state index in [-0.39, 0.29) is 23.3 Å². The zero-order valence-electron chi connectivity index (χ0n) is 19.5. The van der Waals surface area contributed by atoms with E-state index in [0.29, 0.717) is 34.3 Å². The van der Waals surface area contributed by atoms with E-state index < -0.39 is 11.9 Å². The third-order valence-electron chi connectivity index (χ3n) is 6.29. The molecule has 0 atom stereocenters. The van der Waals surface area contributed by atoms with Crippen LogP contribution >= 0.6 is 0 Å². The molecule has 0 unspecified atom stereocenters. The Balaban J connectivity index is 1.32. The molecule has 184 valence electrons. The zero-order valence-corrected chi connectivity index (χ0v) is 19.5. The van der Waals surface area contributed by atoms with Gasteiger partial charge in [0.2, 0.25) is 5.89 Å². The number of pyridine rings is 1. The van der Waals surface area contributed by atoms with Crippen molar-refractivity contribution in [1.82, 2.24) is 29.5 Å². The van der Waals surface area contributed by atoms with Crippen LogP contribution in [0.25, 0.3) is 33.9 Å². The highest BCUT2D eigenvalue weighted by molar-refractivity contribution is 5.79. The van der Waals surface area contributed by atoms with E-state index in [1.807, 2.05) is 12.1 Å². The predicted octanol–water partition coefficient (Wildman–Crippen LogP) is 5.44. The second kappa shape index (κ2) is 8.51. The molecule has 1 saturated carbocycles. The number of halogens is 3. The van der Waals surface area contributed by atoms with Crippen LogP contribution in [0.4, 0.5) is 13.2 Å². The van der Waals surface area contributed by atoms with E-state index in [9.17, 15) is 18.4 Å². The van der Waals surface area contributed by atoms with Gasteiger partial charge in [-0.15, -0.1) is 0 Å². The summed E-state index contributed by atoms with van der Waals surface area (Å²) in [4.78, 5) is 21.3. The number of oxazole rings is 1. The second-order valence-electron chi connectivity index (χ2n) is 8.93. The van der Waals surface area contributed by atoms with Gasteiger partial charge in [0, 0.05) is 37.3 Å². The molecule has 1 aliphatic carbocycles. The molecular weight excluding hydrogens is 483 g/mol. The van der Waals surface area contributed by atoms with Gasteiger partial charge in [-0.3, -0.25) is 4.98 Å². The summed E-state index contributed by atoms with van der Waals surface area (Å²) in [5.74, 6) is 0.778. The SMILES string of the molecule is Cn1cc(C(F)(F)F)nc1-c1ccc(Cc2nccc3nc(-c4c(C#N)ncnc4C4CC4)oc23)cc1. The predicted molar refractivity (Wildman–Crippen MR) is 126 cm³/mol. The Hall–Kier alpha value is -4.59. The first-order chi connectivity index (χ1) is 17.8. The van der Waals surface area contributed by atoms with Gasteiger partial charge in [0.25, 0.3) is 0 Å². The smallest absolute Gasteiger partial charge is 0.434 e. The summed E-state index contributed by atoms with van der Waals surface area (Å²) in [5.41, 5.74) is 3.76. The summed E-state index contributed by atoms with van der Waals surface area (Å²) in [6.45, 7) is 0. The summed E-state index contributed by atoms with van der Waals surface area (Å²) in [7, 11) is 1.53. The number of aromatic nitrogens is 6. The first-order valence-corrected chi connectivity index (χ1v) is 11.5. The van der Waals surface area contributed by atoms with Gasteiger partial charge in [-0.2, -0.15) is 18.4 Å². The number of aryl methyl sites for hydroxylation is 1. The Morgan fingerprint density at radius 2 is 1.86 bits per heavy atom. The van der Waals surface area contributed by atoms with Crippen molar-refractivity contribution in [3.63, 3.8) is 0 Å². The number of hydrogen-bond acceptors (Lipinski definition) is 7. The van der Waals surface area contributed by atoms with Gasteiger partial charge in [0.05, 0.1) is 17.0 Å². The second-order valence-corrected chi connectivity index (χ2v) is 8.93. The number of hydrogen-bond donors (Lipinski definition) is 0. The number of benzene rings is 1. The molecule has 1 aliphatic rings. The lowest BCUT2D eigenvalue weighted by Crippen LogP contribution is -2.04. The highest BCUT2D eigenvalue weighted by atomic mass is 19.4. The number of alkyl halides is 3. The van der Waals surface area contributed by atoms with E-state index in [1.54, 1.807) is 24.4 Å². The third-order valence-corrected chi connectivity index (χ3v) is 6.29. The lowest BCUT2D eigenvalue weighted by molar-refractivity contribution is -0.140. The van der Waals surface area contributed by atoms with Crippen molar-refractivity contribution in [3.05, 3.63) is 77.4 Å². The van der Waals surface area contributed by atoms with Crippen molar-refractivity contribution in [1.29, 1.82) is 5.26 Å². The highest BCUT2D eigenvalue weighted by Gasteiger charge is 2.34. The maximum absolute atomic E-state index is 13.0. The number of nitriles is 1. The molecule has 0 aliphatic heterocycles. The fourth-order valence-electron chi connectivity index (χ4n) is 4.34. The van der Waals surface area contributed by atoms with Crippen LogP contribution in [0.5, 0.6) is 0 Å². The van der Waals surface area contributed by atoms with Crippen molar-refractivity contribution in [2.24, 2.45) is 7.05 Å². The van der Waals surface area contributed by atoms with E-state index in [4.69, 9.17) is 4.42 Å². The van der Waals surface area contributed by atoms with E-state index in [0.717, 1.165) is 30.3 Å². The normalized spacial score (nSPS) is 13.7. The van der Waals surface area contributed by atoms with Gasteiger partial charge >= 0.3 is 6.18 Å². The van der Waals surface area contributed by atoms with Crippen molar-refractivity contribution >= 4 is 11.1 Å². The summed E-state index contributed by atoms with van der Waals surface area (Å²) >= 11 is 0. The van der Waals surface area contributed by atoms with Crippen molar-refractivity contribution in [3.8, 4) is 28.9 Å². The summed E-state index contributed by atoms with van der Waals surface area (Å²) in [6, 6.07) is 10.9. The summed E-state index contributed by atoms with van der Waals surface area (Å²) in [6.07, 6.45) is 1.90. The van der Waals surface area contributed by atoms with Crippen LogP contribution in [0, 0.1) is 11.3 Å². The molecule has 1 fully saturated rings. The van der Waals surface area contributed by atoms with Gasteiger partial charge in [0.1, 0.15) is 23.7 Å². The number of rotatable bonds is 5. The Labute approximate surface area is 208 Å². The quantitative estimate of drug-likeness (QED) is 0.316. The highest BCUT2D eigenvalue weighted by Crippen LogP contribution is 2.44. The van der Waals surface area contributed by atoms with Crippen LogP contribution in [0.2, 0.25) is 0 Å². The van der Waals surface area contributed by atoms with Gasteiger partial charge in [-0.05, 0) is 24.5 Å².